The summed E-state index contributed by atoms with van der Waals surface area (Å²) in [6, 6.07) is 13.6. The number of benzene rings is 2. The first-order valence-electron chi connectivity index (χ1n) is 13.3. The number of thiophene rings is 1. The number of nitrogens with one attached hydrogen (secondary N) is 3. The molecule has 0 spiro atoms. The van der Waals surface area contributed by atoms with Crippen molar-refractivity contribution in [2.24, 2.45) is 0 Å². The van der Waals surface area contributed by atoms with Gasteiger partial charge in [-0.2, -0.15) is 0 Å². The molecule has 0 unspecified atom stereocenters. The number of imidazole rings is 1. The van der Waals surface area contributed by atoms with E-state index < -0.39 is 17.8 Å². The van der Waals surface area contributed by atoms with Crippen LogP contribution in [0.1, 0.15) is 43.3 Å². The minimum Gasteiger partial charge on any atom is -0.488 e. The largest absolute Gasteiger partial charge is 0.488 e. The Bertz CT molecular complexity index is 1900. The second kappa shape index (κ2) is 11.5. The van der Waals surface area contributed by atoms with Gasteiger partial charge in [0.15, 0.2) is 11.6 Å². The van der Waals surface area contributed by atoms with E-state index in [0.29, 0.717) is 41.1 Å². The number of aromatic nitrogens is 3. The summed E-state index contributed by atoms with van der Waals surface area (Å²) in [7, 11) is 1.21. The van der Waals surface area contributed by atoms with Gasteiger partial charge in [-0.1, -0.05) is 0 Å². The Balaban J connectivity index is 1.46. The number of ether oxygens (including phenoxy) is 2. The maximum atomic E-state index is 13.9. The molecule has 2 aromatic carbocycles. The molecule has 0 atom stereocenters. The van der Waals surface area contributed by atoms with Crippen LogP contribution in [-0.2, 0) is 11.3 Å². The molecular weight excluding hydrogens is 572 g/mol. The number of hydrogen-bond donors (Lipinski definition) is 5. The van der Waals surface area contributed by atoms with Crippen LogP contribution in [0, 0.1) is 0 Å². The molecule has 2 amide bonds. The molecule has 0 aliphatic carbocycles. The van der Waals surface area contributed by atoms with Gasteiger partial charge in [-0.15, -0.1) is 11.3 Å². The van der Waals surface area contributed by atoms with Crippen LogP contribution in [-0.4, -0.2) is 58.1 Å². The first-order chi connectivity index (χ1) is 20.9. The molecule has 0 fully saturated rings. The molecular formula is C30H26N6O6S. The van der Waals surface area contributed by atoms with E-state index in [4.69, 9.17) is 20.3 Å². The maximum Gasteiger partial charge on any atom is 0.357 e. The number of pyridine rings is 1. The molecule has 0 radical (unpaired) electrons. The van der Waals surface area contributed by atoms with E-state index >= 15 is 0 Å². The fraction of sp³-hybridized carbons (Fsp3) is 0.167. The van der Waals surface area contributed by atoms with Gasteiger partial charge in [-0.3, -0.25) is 9.59 Å². The van der Waals surface area contributed by atoms with Gasteiger partial charge in [0, 0.05) is 51.5 Å². The average molecular weight is 599 g/mol. The van der Waals surface area contributed by atoms with Gasteiger partial charge >= 0.3 is 5.97 Å². The minimum absolute atomic E-state index is 0.0161. The predicted octanol–water partition coefficient (Wildman–Crippen LogP) is 3.98. The monoisotopic (exact) mass is 598 g/mol. The molecule has 43 heavy (non-hydrogen) atoms. The van der Waals surface area contributed by atoms with E-state index in [-0.39, 0.29) is 41.6 Å². The lowest BCUT2D eigenvalue weighted by molar-refractivity contribution is 0.0594. The molecule has 4 heterocycles. The number of fused-ring (bicyclic) bond motifs is 4. The van der Waals surface area contributed by atoms with E-state index in [9.17, 15) is 14.4 Å². The van der Waals surface area contributed by atoms with E-state index in [1.807, 2.05) is 11.4 Å². The zero-order valence-corrected chi connectivity index (χ0v) is 23.7. The van der Waals surface area contributed by atoms with E-state index in [2.05, 4.69) is 25.6 Å². The van der Waals surface area contributed by atoms with Crippen LogP contribution >= 0.6 is 11.3 Å². The molecule has 1 aliphatic rings. The summed E-state index contributed by atoms with van der Waals surface area (Å²) >= 11 is 1.54. The molecule has 0 bridgehead atoms. The molecule has 6 N–H and O–H groups in total. The maximum absolute atomic E-state index is 13.9. The number of aromatic amines is 1. The number of carbonyl (C=O) groups excluding carboxylic acids is 3. The van der Waals surface area contributed by atoms with Gasteiger partial charge in [0.05, 0.1) is 18.1 Å². The third-order valence-corrected chi connectivity index (χ3v) is 7.90. The SMILES string of the molecule is COC(=O)c1nc(C(=O)NCCCO)ccc1-c1cc2c(cc1C(=O)Nc1ccc3nc(N)[nH]c3c1)-c1sccc1CO2. The molecule has 13 heteroatoms. The van der Waals surface area contributed by atoms with Crippen molar-refractivity contribution >= 4 is 51.8 Å². The Hall–Kier alpha value is -5.27. The number of aliphatic hydroxyl groups is 1. The van der Waals surface area contributed by atoms with E-state index in [1.54, 1.807) is 47.7 Å². The highest BCUT2D eigenvalue weighted by Gasteiger charge is 2.27. The van der Waals surface area contributed by atoms with Crippen LogP contribution in [0.15, 0.2) is 53.9 Å². The van der Waals surface area contributed by atoms with Crippen LogP contribution in [0.3, 0.4) is 0 Å². The first-order valence-corrected chi connectivity index (χ1v) is 14.2. The van der Waals surface area contributed by atoms with Crippen molar-refractivity contribution in [3.05, 3.63) is 76.4 Å². The number of nitrogens with two attached hydrogens (primary N) is 1. The molecule has 12 nitrogen and oxygen atoms in total. The Morgan fingerprint density at radius 1 is 1.07 bits per heavy atom. The standard InChI is InChI=1S/C30H26N6O6S/c1-41-29(40)25-17(4-6-22(34-25)28(39)32-8-2-9-37)18-13-24-20(26-15(14-42-24)7-10-43-26)12-19(18)27(38)33-16-3-5-21-23(11-16)36-30(31)35-21/h3-7,10-13,37H,2,8-9,14H2,1H3,(H,32,39)(H,33,38)(H3,31,35,36). The highest BCUT2D eigenvalue weighted by Crippen LogP contribution is 2.44. The van der Waals surface area contributed by atoms with E-state index in [0.717, 1.165) is 16.0 Å². The van der Waals surface area contributed by atoms with Crippen LogP contribution in [0.5, 0.6) is 5.75 Å². The summed E-state index contributed by atoms with van der Waals surface area (Å²) in [5.41, 5.74) is 10.1. The molecule has 1 aliphatic heterocycles. The number of anilines is 2. The second-order valence-corrected chi connectivity index (χ2v) is 10.6. The predicted molar refractivity (Wildman–Crippen MR) is 161 cm³/mol. The van der Waals surface area contributed by atoms with Crippen molar-refractivity contribution in [1.29, 1.82) is 0 Å². The van der Waals surface area contributed by atoms with Crippen molar-refractivity contribution in [2.45, 2.75) is 13.0 Å². The third kappa shape index (κ3) is 5.38. The zero-order chi connectivity index (χ0) is 30.1. The molecule has 0 saturated heterocycles. The number of nitrogens with zero attached hydrogens (tertiary/aromatic N) is 2. The van der Waals surface area contributed by atoms with Crippen molar-refractivity contribution in [3.8, 4) is 27.3 Å². The second-order valence-electron chi connectivity index (χ2n) is 9.68. The van der Waals surface area contributed by atoms with Crippen molar-refractivity contribution < 1.29 is 29.0 Å². The lowest BCUT2D eigenvalue weighted by Crippen LogP contribution is -2.26. The molecule has 3 aromatic heterocycles. The minimum atomic E-state index is -0.784. The van der Waals surface area contributed by atoms with Gasteiger partial charge in [0.1, 0.15) is 18.1 Å². The summed E-state index contributed by atoms with van der Waals surface area (Å²) < 4.78 is 11.1. The number of H-pyrrole nitrogens is 1. The number of nitrogen functional groups attached to an aromatic ring is 1. The molecule has 218 valence electrons. The summed E-state index contributed by atoms with van der Waals surface area (Å²) in [6.07, 6.45) is 0.369. The number of rotatable bonds is 8. The highest BCUT2D eigenvalue weighted by molar-refractivity contribution is 7.13. The topological polar surface area (TPSA) is 182 Å². The van der Waals surface area contributed by atoms with Crippen molar-refractivity contribution in [2.75, 3.05) is 31.3 Å². The summed E-state index contributed by atoms with van der Waals surface area (Å²) in [5.74, 6) is -0.951. The number of carbonyl (C=O) groups is 3. The number of methoxy groups -OCH3 is 1. The lowest BCUT2D eigenvalue weighted by Gasteiger charge is -2.21. The Kier molecular flexibility index (Phi) is 7.49. The summed E-state index contributed by atoms with van der Waals surface area (Å²) in [4.78, 5) is 52.0. The summed E-state index contributed by atoms with van der Waals surface area (Å²) in [5, 5.41) is 16.6. The van der Waals surface area contributed by atoms with Crippen LogP contribution in [0.25, 0.3) is 32.6 Å². The highest BCUT2D eigenvalue weighted by atomic mass is 32.1. The number of amides is 2. The van der Waals surface area contributed by atoms with Gasteiger partial charge < -0.3 is 35.9 Å². The first kappa shape index (κ1) is 27.9. The summed E-state index contributed by atoms with van der Waals surface area (Å²) in [6.45, 7) is 0.516. The fourth-order valence-corrected chi connectivity index (χ4v) is 5.79. The average Bonchev–Trinajstić information content (AvgIpc) is 3.65. The van der Waals surface area contributed by atoms with Gasteiger partial charge in [-0.05, 0) is 60.3 Å². The van der Waals surface area contributed by atoms with Crippen LogP contribution in [0.4, 0.5) is 11.6 Å². The Morgan fingerprint density at radius 2 is 1.93 bits per heavy atom. The van der Waals surface area contributed by atoms with Crippen molar-refractivity contribution in [1.82, 2.24) is 20.3 Å². The zero-order valence-electron chi connectivity index (χ0n) is 22.9. The number of hydrogen-bond acceptors (Lipinski definition) is 10. The van der Waals surface area contributed by atoms with Crippen molar-refractivity contribution in [3.63, 3.8) is 0 Å². The number of aliphatic hydroxyl groups excluding tert-OH is 1. The van der Waals surface area contributed by atoms with Crippen LogP contribution < -0.4 is 21.1 Å². The Morgan fingerprint density at radius 3 is 2.74 bits per heavy atom. The molecule has 5 aromatic rings. The normalized spacial score (nSPS) is 11.8. The van der Waals surface area contributed by atoms with Crippen LogP contribution in [0.2, 0.25) is 0 Å². The van der Waals surface area contributed by atoms with E-state index in [1.165, 1.54) is 13.2 Å². The third-order valence-electron chi connectivity index (χ3n) is 6.91. The Labute approximate surface area is 248 Å². The lowest BCUT2D eigenvalue weighted by atomic mass is 9.92. The van der Waals surface area contributed by atoms with Gasteiger partial charge in [0.2, 0.25) is 0 Å². The van der Waals surface area contributed by atoms with Gasteiger partial charge in [0.25, 0.3) is 11.8 Å². The molecule has 6 rings (SSSR count). The molecule has 0 saturated carbocycles. The number of esters is 1. The quantitative estimate of drug-likeness (QED) is 0.130. The fourth-order valence-electron chi connectivity index (χ4n) is 4.86. The van der Waals surface area contributed by atoms with Gasteiger partial charge in [-0.25, -0.2) is 14.8 Å². The smallest absolute Gasteiger partial charge is 0.357 e.